The van der Waals surface area contributed by atoms with Gasteiger partial charge in [-0.05, 0) is 33.9 Å². The molecule has 0 heterocycles. The van der Waals surface area contributed by atoms with Gasteiger partial charge in [0.15, 0.2) is 5.78 Å². The SMILES string of the molecule is CCN(CC)C(=O)CN(C)CCCC(=O)c1ccccc1. The van der Waals surface area contributed by atoms with Gasteiger partial charge in [0.2, 0.25) is 5.91 Å². The average Bonchev–Trinajstić information content (AvgIpc) is 2.49. The van der Waals surface area contributed by atoms with Crippen LogP contribution in [0.25, 0.3) is 0 Å². The number of rotatable bonds is 9. The summed E-state index contributed by atoms with van der Waals surface area (Å²) in [4.78, 5) is 27.7. The predicted molar refractivity (Wildman–Crippen MR) is 85.4 cm³/mol. The van der Waals surface area contributed by atoms with Crippen molar-refractivity contribution in [3.63, 3.8) is 0 Å². The van der Waals surface area contributed by atoms with Crippen LogP contribution in [0.4, 0.5) is 0 Å². The van der Waals surface area contributed by atoms with Crippen LogP contribution in [0.1, 0.15) is 37.0 Å². The lowest BCUT2D eigenvalue weighted by Gasteiger charge is -2.22. The molecule has 116 valence electrons. The molecule has 0 fully saturated rings. The maximum Gasteiger partial charge on any atom is 0.236 e. The fraction of sp³-hybridized carbons (Fsp3) is 0.529. The summed E-state index contributed by atoms with van der Waals surface area (Å²) in [5.74, 6) is 0.316. The van der Waals surface area contributed by atoms with Crippen LogP contribution in [-0.2, 0) is 4.79 Å². The Kier molecular flexibility index (Phi) is 7.69. The van der Waals surface area contributed by atoms with Crippen molar-refractivity contribution in [2.45, 2.75) is 26.7 Å². The third-order valence-electron chi connectivity index (χ3n) is 3.56. The van der Waals surface area contributed by atoms with E-state index in [1.54, 1.807) is 0 Å². The minimum atomic E-state index is 0.150. The standard InChI is InChI=1S/C17H26N2O2/c1-4-19(5-2)17(21)14-18(3)13-9-12-16(20)15-10-7-6-8-11-15/h6-8,10-11H,4-5,9,12-14H2,1-3H3. The average molecular weight is 290 g/mol. The molecule has 0 saturated carbocycles. The molecule has 21 heavy (non-hydrogen) atoms. The number of benzene rings is 1. The minimum absolute atomic E-state index is 0.150. The first-order valence-electron chi connectivity index (χ1n) is 7.63. The van der Waals surface area contributed by atoms with Crippen molar-refractivity contribution in [2.75, 3.05) is 33.2 Å². The molecule has 1 aromatic rings. The molecule has 0 spiro atoms. The lowest BCUT2D eigenvalue weighted by Crippen LogP contribution is -2.39. The largest absolute Gasteiger partial charge is 0.342 e. The molecule has 0 aliphatic heterocycles. The Morgan fingerprint density at radius 1 is 1.05 bits per heavy atom. The molecule has 1 amide bonds. The molecule has 0 aliphatic rings. The fourth-order valence-electron chi connectivity index (χ4n) is 2.26. The lowest BCUT2D eigenvalue weighted by molar-refractivity contribution is -0.131. The van der Waals surface area contributed by atoms with Gasteiger partial charge in [-0.1, -0.05) is 30.3 Å². The molecule has 4 nitrogen and oxygen atoms in total. The number of carbonyl (C=O) groups is 2. The molecular weight excluding hydrogens is 264 g/mol. The van der Waals surface area contributed by atoms with Gasteiger partial charge in [0.25, 0.3) is 0 Å². The number of amides is 1. The van der Waals surface area contributed by atoms with Gasteiger partial charge in [0.05, 0.1) is 6.54 Å². The molecular formula is C17H26N2O2. The Morgan fingerprint density at radius 3 is 2.24 bits per heavy atom. The lowest BCUT2D eigenvalue weighted by atomic mass is 10.1. The molecule has 0 N–H and O–H groups in total. The summed E-state index contributed by atoms with van der Waals surface area (Å²) in [7, 11) is 1.92. The van der Waals surface area contributed by atoms with Gasteiger partial charge in [-0.3, -0.25) is 14.5 Å². The first kappa shape index (κ1) is 17.4. The van der Waals surface area contributed by atoms with Crippen LogP contribution in [0.3, 0.4) is 0 Å². The third kappa shape index (κ3) is 6.08. The highest BCUT2D eigenvalue weighted by atomic mass is 16.2. The van der Waals surface area contributed by atoms with E-state index in [2.05, 4.69) is 0 Å². The Balaban J connectivity index is 2.29. The number of ketones is 1. The maximum atomic E-state index is 12.0. The fourth-order valence-corrected chi connectivity index (χ4v) is 2.26. The maximum absolute atomic E-state index is 12.0. The summed E-state index contributed by atoms with van der Waals surface area (Å²) in [6.07, 6.45) is 1.30. The second-order valence-corrected chi connectivity index (χ2v) is 5.20. The molecule has 0 saturated heterocycles. The number of hydrogen-bond acceptors (Lipinski definition) is 3. The zero-order chi connectivity index (χ0) is 15.7. The highest BCUT2D eigenvalue weighted by Crippen LogP contribution is 2.05. The summed E-state index contributed by atoms with van der Waals surface area (Å²) < 4.78 is 0. The third-order valence-corrected chi connectivity index (χ3v) is 3.56. The Bertz CT molecular complexity index is 441. The minimum Gasteiger partial charge on any atom is -0.342 e. The smallest absolute Gasteiger partial charge is 0.236 e. The number of likely N-dealkylation sites (N-methyl/N-ethyl adjacent to an activating group) is 2. The Hall–Kier alpha value is -1.68. The number of nitrogens with zero attached hydrogens (tertiary/aromatic N) is 2. The van der Waals surface area contributed by atoms with Crippen molar-refractivity contribution in [3.8, 4) is 0 Å². The monoisotopic (exact) mass is 290 g/mol. The molecule has 0 bridgehead atoms. The first-order valence-corrected chi connectivity index (χ1v) is 7.63. The summed E-state index contributed by atoms with van der Waals surface area (Å²) in [5, 5.41) is 0. The van der Waals surface area contributed by atoms with Crippen LogP contribution in [0.15, 0.2) is 30.3 Å². The van der Waals surface area contributed by atoms with Gasteiger partial charge in [-0.2, -0.15) is 0 Å². The topological polar surface area (TPSA) is 40.6 Å². The van der Waals surface area contributed by atoms with Gasteiger partial charge < -0.3 is 4.90 Å². The number of hydrogen-bond donors (Lipinski definition) is 0. The van der Waals surface area contributed by atoms with Gasteiger partial charge in [0, 0.05) is 25.1 Å². The van der Waals surface area contributed by atoms with Crippen LogP contribution < -0.4 is 0 Å². The zero-order valence-electron chi connectivity index (χ0n) is 13.3. The number of Topliss-reactive ketones (excluding diaryl/α,β-unsaturated/α-hetero) is 1. The molecule has 0 aliphatic carbocycles. The van der Waals surface area contributed by atoms with E-state index in [-0.39, 0.29) is 11.7 Å². The Morgan fingerprint density at radius 2 is 1.67 bits per heavy atom. The van der Waals surface area contributed by atoms with Crippen LogP contribution in [0.2, 0.25) is 0 Å². The second kappa shape index (κ2) is 9.29. The Labute approximate surface area is 127 Å². The zero-order valence-corrected chi connectivity index (χ0v) is 13.3. The van der Waals surface area contributed by atoms with Crippen molar-refractivity contribution < 1.29 is 9.59 Å². The van der Waals surface area contributed by atoms with Gasteiger partial charge in [0.1, 0.15) is 0 Å². The number of carbonyl (C=O) groups excluding carboxylic acids is 2. The normalized spacial score (nSPS) is 10.7. The van der Waals surface area contributed by atoms with Gasteiger partial charge in [-0.25, -0.2) is 0 Å². The molecule has 0 atom stereocenters. The van der Waals surface area contributed by atoms with E-state index >= 15 is 0 Å². The van der Waals surface area contributed by atoms with Gasteiger partial charge in [-0.15, -0.1) is 0 Å². The van der Waals surface area contributed by atoms with E-state index < -0.39 is 0 Å². The van der Waals surface area contributed by atoms with E-state index in [1.807, 2.05) is 61.0 Å². The highest BCUT2D eigenvalue weighted by molar-refractivity contribution is 5.95. The van der Waals surface area contributed by atoms with Crippen molar-refractivity contribution in [3.05, 3.63) is 35.9 Å². The summed E-state index contributed by atoms with van der Waals surface area (Å²) in [6, 6.07) is 9.35. The summed E-state index contributed by atoms with van der Waals surface area (Å²) in [6.45, 7) is 6.64. The van der Waals surface area contributed by atoms with E-state index in [0.29, 0.717) is 13.0 Å². The summed E-state index contributed by atoms with van der Waals surface area (Å²) in [5.41, 5.74) is 0.763. The highest BCUT2D eigenvalue weighted by Gasteiger charge is 2.12. The van der Waals surface area contributed by atoms with Crippen molar-refractivity contribution >= 4 is 11.7 Å². The van der Waals surface area contributed by atoms with E-state index in [9.17, 15) is 9.59 Å². The molecule has 0 radical (unpaired) electrons. The van der Waals surface area contributed by atoms with Crippen molar-refractivity contribution in [1.29, 1.82) is 0 Å². The van der Waals surface area contributed by atoms with Crippen LogP contribution in [0.5, 0.6) is 0 Å². The van der Waals surface area contributed by atoms with Crippen LogP contribution >= 0.6 is 0 Å². The van der Waals surface area contributed by atoms with Crippen molar-refractivity contribution in [2.24, 2.45) is 0 Å². The van der Waals surface area contributed by atoms with E-state index in [4.69, 9.17) is 0 Å². The van der Waals surface area contributed by atoms with E-state index in [1.165, 1.54) is 0 Å². The summed E-state index contributed by atoms with van der Waals surface area (Å²) >= 11 is 0. The molecule has 1 rings (SSSR count). The van der Waals surface area contributed by atoms with E-state index in [0.717, 1.165) is 31.6 Å². The van der Waals surface area contributed by atoms with Gasteiger partial charge >= 0.3 is 0 Å². The van der Waals surface area contributed by atoms with Crippen LogP contribution in [0, 0.1) is 0 Å². The molecule has 1 aromatic carbocycles. The second-order valence-electron chi connectivity index (χ2n) is 5.20. The quantitative estimate of drug-likeness (QED) is 0.656. The van der Waals surface area contributed by atoms with Crippen molar-refractivity contribution in [1.82, 2.24) is 9.80 Å². The first-order chi connectivity index (χ1) is 10.1. The van der Waals surface area contributed by atoms with Crippen LogP contribution in [-0.4, -0.2) is 54.7 Å². The molecule has 0 unspecified atom stereocenters. The molecule has 4 heteroatoms. The molecule has 0 aromatic heterocycles. The predicted octanol–water partition coefficient (Wildman–Crippen LogP) is 2.45.